The second-order valence-electron chi connectivity index (χ2n) is 5.31. The summed E-state index contributed by atoms with van der Waals surface area (Å²) in [5, 5.41) is 8.91. The van der Waals surface area contributed by atoms with Crippen molar-refractivity contribution in [3.05, 3.63) is 52.4 Å². The first-order chi connectivity index (χ1) is 12.0. The maximum Gasteiger partial charge on any atom is 0.249 e. The number of benzene rings is 1. The number of furan rings is 1. The zero-order valence-electron chi connectivity index (χ0n) is 12.9. The van der Waals surface area contributed by atoms with E-state index in [9.17, 15) is 9.59 Å². The predicted molar refractivity (Wildman–Crippen MR) is 94.6 cm³/mol. The van der Waals surface area contributed by atoms with Crippen LogP contribution in [0.1, 0.15) is 12.2 Å². The predicted octanol–water partition coefficient (Wildman–Crippen LogP) is 2.56. The van der Waals surface area contributed by atoms with Gasteiger partial charge >= 0.3 is 0 Å². The van der Waals surface area contributed by atoms with E-state index in [0.29, 0.717) is 27.5 Å². The van der Waals surface area contributed by atoms with Crippen molar-refractivity contribution < 1.29 is 14.0 Å². The SMILES string of the molecule is O=C(C[C@@H]1NC(=NCc2ccco2)NC1=O)Nc1ccc(Cl)cc1Cl. The number of carbonyl (C=O) groups excluding carboxylic acids is 2. The Bertz CT molecular complexity index is 821. The number of nitrogens with zero attached hydrogens (tertiary/aromatic N) is 1. The fourth-order valence-corrected chi connectivity index (χ4v) is 2.69. The highest BCUT2D eigenvalue weighted by molar-refractivity contribution is 6.36. The topological polar surface area (TPSA) is 95.7 Å². The van der Waals surface area contributed by atoms with Crippen LogP contribution < -0.4 is 16.0 Å². The molecule has 0 bridgehead atoms. The van der Waals surface area contributed by atoms with E-state index in [1.165, 1.54) is 6.07 Å². The van der Waals surface area contributed by atoms with Crippen molar-refractivity contribution in [3.63, 3.8) is 0 Å². The smallest absolute Gasteiger partial charge is 0.249 e. The molecule has 0 saturated carbocycles. The standard InChI is InChI=1S/C16H14Cl2N4O3/c17-9-3-4-12(11(18)6-9)20-14(23)7-13-15(24)22-16(21-13)19-8-10-2-1-5-25-10/h1-6,13H,7-8H2,(H,20,23)(H2,19,21,22,24)/t13-/m0/s1. The molecule has 7 nitrogen and oxygen atoms in total. The van der Waals surface area contributed by atoms with Crippen LogP contribution in [-0.2, 0) is 16.1 Å². The fourth-order valence-electron chi connectivity index (χ4n) is 2.24. The Hall–Kier alpha value is -2.51. The number of carbonyl (C=O) groups is 2. The number of amides is 2. The molecule has 1 aromatic heterocycles. The molecule has 0 radical (unpaired) electrons. The zero-order chi connectivity index (χ0) is 17.8. The minimum absolute atomic E-state index is 0.0649. The molecular formula is C16H14Cl2N4O3. The van der Waals surface area contributed by atoms with Crippen LogP contribution in [0.3, 0.4) is 0 Å². The summed E-state index contributed by atoms with van der Waals surface area (Å²) in [5.41, 5.74) is 0.432. The first-order valence-corrected chi connectivity index (χ1v) is 8.16. The van der Waals surface area contributed by atoms with Gasteiger partial charge in [0.25, 0.3) is 0 Å². The maximum absolute atomic E-state index is 12.1. The van der Waals surface area contributed by atoms with Gasteiger partial charge in [-0.05, 0) is 30.3 Å². The number of rotatable bonds is 5. The number of hydrogen-bond donors (Lipinski definition) is 3. The van der Waals surface area contributed by atoms with Gasteiger partial charge in [-0.2, -0.15) is 0 Å². The van der Waals surface area contributed by atoms with Crippen molar-refractivity contribution in [1.82, 2.24) is 10.6 Å². The molecule has 25 heavy (non-hydrogen) atoms. The summed E-state index contributed by atoms with van der Waals surface area (Å²) in [6.45, 7) is 0.287. The monoisotopic (exact) mass is 380 g/mol. The van der Waals surface area contributed by atoms with Gasteiger partial charge in [-0.15, -0.1) is 0 Å². The van der Waals surface area contributed by atoms with E-state index in [0.717, 1.165) is 0 Å². The molecule has 0 unspecified atom stereocenters. The molecule has 2 aromatic rings. The van der Waals surface area contributed by atoms with E-state index >= 15 is 0 Å². The first kappa shape index (κ1) is 17.3. The lowest BCUT2D eigenvalue weighted by molar-refractivity contribution is -0.124. The van der Waals surface area contributed by atoms with Gasteiger partial charge in [0.1, 0.15) is 18.3 Å². The number of guanidine groups is 1. The Balaban J connectivity index is 1.56. The molecule has 2 amide bonds. The molecule has 130 valence electrons. The minimum atomic E-state index is -0.707. The van der Waals surface area contributed by atoms with E-state index in [2.05, 4.69) is 20.9 Å². The van der Waals surface area contributed by atoms with Gasteiger partial charge in [0.05, 0.1) is 23.4 Å². The number of nitrogens with one attached hydrogen (secondary N) is 3. The van der Waals surface area contributed by atoms with Crippen LogP contribution in [0.5, 0.6) is 0 Å². The van der Waals surface area contributed by atoms with Gasteiger partial charge in [0.2, 0.25) is 11.8 Å². The molecule has 3 rings (SSSR count). The van der Waals surface area contributed by atoms with Crippen LogP contribution in [-0.4, -0.2) is 23.8 Å². The lowest BCUT2D eigenvalue weighted by Crippen LogP contribution is -2.33. The third kappa shape index (κ3) is 4.52. The largest absolute Gasteiger partial charge is 0.467 e. The van der Waals surface area contributed by atoms with Crippen LogP contribution >= 0.6 is 23.2 Å². The summed E-state index contributed by atoms with van der Waals surface area (Å²) in [7, 11) is 0. The minimum Gasteiger partial charge on any atom is -0.467 e. The number of anilines is 1. The second kappa shape index (κ2) is 7.58. The van der Waals surface area contributed by atoms with E-state index in [-0.39, 0.29) is 24.8 Å². The average molecular weight is 381 g/mol. The van der Waals surface area contributed by atoms with Crippen molar-refractivity contribution in [3.8, 4) is 0 Å². The fraction of sp³-hybridized carbons (Fsp3) is 0.188. The Morgan fingerprint density at radius 1 is 1.32 bits per heavy atom. The molecule has 1 aliphatic rings. The molecule has 9 heteroatoms. The summed E-state index contributed by atoms with van der Waals surface area (Å²) < 4.78 is 5.16. The molecule has 0 aliphatic carbocycles. The quantitative estimate of drug-likeness (QED) is 0.742. The van der Waals surface area contributed by atoms with Gasteiger partial charge in [0, 0.05) is 5.02 Å². The highest BCUT2D eigenvalue weighted by atomic mass is 35.5. The molecule has 0 spiro atoms. The van der Waals surface area contributed by atoms with Gasteiger partial charge in [0.15, 0.2) is 5.96 Å². The lowest BCUT2D eigenvalue weighted by atomic mass is 10.2. The van der Waals surface area contributed by atoms with Crippen molar-refractivity contribution in [2.24, 2.45) is 4.99 Å². The van der Waals surface area contributed by atoms with Crippen LogP contribution in [0.4, 0.5) is 5.69 Å². The van der Waals surface area contributed by atoms with Crippen LogP contribution in [0.25, 0.3) is 0 Å². The van der Waals surface area contributed by atoms with Crippen molar-refractivity contribution >= 4 is 46.7 Å². The molecule has 1 atom stereocenters. The molecule has 3 N–H and O–H groups in total. The van der Waals surface area contributed by atoms with Crippen LogP contribution in [0.2, 0.25) is 10.0 Å². The molecule has 1 aromatic carbocycles. The van der Waals surface area contributed by atoms with Gasteiger partial charge in [-0.1, -0.05) is 23.2 Å². The zero-order valence-corrected chi connectivity index (χ0v) is 14.4. The Morgan fingerprint density at radius 3 is 2.88 bits per heavy atom. The maximum atomic E-state index is 12.1. The van der Waals surface area contributed by atoms with Crippen molar-refractivity contribution in [2.45, 2.75) is 19.0 Å². The number of aliphatic imine (C=N–C) groups is 1. The summed E-state index contributed by atoms with van der Waals surface area (Å²) in [6.07, 6.45) is 1.48. The summed E-state index contributed by atoms with van der Waals surface area (Å²) in [6, 6.07) is 7.57. The Labute approximate surface area is 153 Å². The molecule has 2 heterocycles. The summed E-state index contributed by atoms with van der Waals surface area (Å²) in [4.78, 5) is 28.3. The van der Waals surface area contributed by atoms with Gasteiger partial charge < -0.3 is 15.1 Å². The highest BCUT2D eigenvalue weighted by Gasteiger charge is 2.30. The van der Waals surface area contributed by atoms with Crippen molar-refractivity contribution in [1.29, 1.82) is 0 Å². The Morgan fingerprint density at radius 2 is 2.16 bits per heavy atom. The lowest BCUT2D eigenvalue weighted by Gasteiger charge is -2.10. The molecule has 1 aliphatic heterocycles. The van der Waals surface area contributed by atoms with Crippen LogP contribution in [0.15, 0.2) is 46.0 Å². The van der Waals surface area contributed by atoms with E-state index in [1.807, 2.05) is 0 Å². The Kier molecular flexibility index (Phi) is 5.25. The van der Waals surface area contributed by atoms with Crippen molar-refractivity contribution in [2.75, 3.05) is 5.32 Å². The van der Waals surface area contributed by atoms with Gasteiger partial charge in [-0.25, -0.2) is 4.99 Å². The highest BCUT2D eigenvalue weighted by Crippen LogP contribution is 2.25. The first-order valence-electron chi connectivity index (χ1n) is 7.40. The summed E-state index contributed by atoms with van der Waals surface area (Å²) >= 11 is 11.8. The number of halogens is 2. The van der Waals surface area contributed by atoms with Crippen LogP contribution in [0, 0.1) is 0 Å². The third-order valence-electron chi connectivity index (χ3n) is 3.44. The second-order valence-corrected chi connectivity index (χ2v) is 6.15. The third-order valence-corrected chi connectivity index (χ3v) is 3.98. The van der Waals surface area contributed by atoms with E-state index in [4.69, 9.17) is 27.6 Å². The molecule has 1 fully saturated rings. The average Bonchev–Trinajstić information content (AvgIpc) is 3.18. The number of hydrogen-bond acceptors (Lipinski definition) is 4. The molecular weight excluding hydrogens is 367 g/mol. The normalized spacial score (nSPS) is 18.1. The molecule has 1 saturated heterocycles. The summed E-state index contributed by atoms with van der Waals surface area (Å²) in [5.74, 6) is 0.297. The van der Waals surface area contributed by atoms with E-state index in [1.54, 1.807) is 30.5 Å². The van der Waals surface area contributed by atoms with E-state index < -0.39 is 6.04 Å². The van der Waals surface area contributed by atoms with Gasteiger partial charge in [-0.3, -0.25) is 14.9 Å².